The minimum atomic E-state index is -0.677. The summed E-state index contributed by atoms with van der Waals surface area (Å²) < 4.78 is 20.1. The maximum absolute atomic E-state index is 5.31. The van der Waals surface area contributed by atoms with Crippen LogP contribution in [0.1, 0.15) is 0 Å². The van der Waals surface area contributed by atoms with E-state index in [0.29, 0.717) is 5.75 Å². The van der Waals surface area contributed by atoms with E-state index in [1.54, 1.807) is 31.4 Å². The molecule has 0 heterocycles. The van der Waals surface area contributed by atoms with E-state index in [1.807, 2.05) is 0 Å². The quantitative estimate of drug-likeness (QED) is 0.674. The van der Waals surface area contributed by atoms with Crippen molar-refractivity contribution in [1.82, 2.24) is 0 Å². The third kappa shape index (κ3) is 2.90. The molecule has 14 heavy (non-hydrogen) atoms. The van der Waals surface area contributed by atoms with E-state index in [-0.39, 0.29) is 0 Å². The van der Waals surface area contributed by atoms with Gasteiger partial charge in [0.1, 0.15) is 11.5 Å². The Morgan fingerprint density at radius 3 is 1.79 bits per heavy atom. The lowest BCUT2D eigenvalue weighted by atomic mass is 10.3. The lowest BCUT2D eigenvalue weighted by Gasteiger charge is -2.15. The molecule has 0 aromatic heterocycles. The van der Waals surface area contributed by atoms with Crippen molar-refractivity contribution in [3.8, 4) is 11.5 Å². The normalized spacial score (nSPS) is 10.3. The van der Waals surface area contributed by atoms with Crippen LogP contribution in [0, 0.1) is 0 Å². The molecule has 0 fully saturated rings. The van der Waals surface area contributed by atoms with Gasteiger partial charge in [-0.15, -0.1) is 0 Å². The van der Waals surface area contributed by atoms with Gasteiger partial charge in [0.2, 0.25) is 0 Å². The molecule has 0 N–H and O–H groups in total. The second kappa shape index (κ2) is 5.47. The zero-order chi connectivity index (χ0) is 10.4. The standard InChI is InChI=1S/C10H14O4/c1-11-8-4-6-9(7-5-8)14-10(12-2)13-3/h4-7,10H,1-3H3. The number of hydrogen-bond donors (Lipinski definition) is 0. The molecule has 4 heteroatoms. The van der Waals surface area contributed by atoms with Gasteiger partial charge in [-0.3, -0.25) is 0 Å². The first-order chi connectivity index (χ1) is 6.80. The van der Waals surface area contributed by atoms with Crippen molar-refractivity contribution in [2.24, 2.45) is 0 Å². The Hall–Kier alpha value is -1.26. The molecule has 0 aliphatic carbocycles. The van der Waals surface area contributed by atoms with E-state index in [9.17, 15) is 0 Å². The number of rotatable bonds is 5. The predicted octanol–water partition coefficient (Wildman–Crippen LogP) is 1.65. The maximum Gasteiger partial charge on any atom is 0.315 e. The molecule has 0 unspecified atom stereocenters. The molecule has 78 valence electrons. The van der Waals surface area contributed by atoms with E-state index < -0.39 is 6.48 Å². The summed E-state index contributed by atoms with van der Waals surface area (Å²) in [6.45, 7) is -0.677. The van der Waals surface area contributed by atoms with Crippen LogP contribution in [0.5, 0.6) is 11.5 Å². The zero-order valence-electron chi connectivity index (χ0n) is 8.52. The van der Waals surface area contributed by atoms with Crippen LogP contribution in [0.2, 0.25) is 0 Å². The molecule has 0 saturated carbocycles. The average Bonchev–Trinajstić information content (AvgIpc) is 2.26. The summed E-state index contributed by atoms with van der Waals surface area (Å²) in [5.41, 5.74) is 0. The van der Waals surface area contributed by atoms with Crippen LogP contribution in [0.25, 0.3) is 0 Å². The number of ether oxygens (including phenoxy) is 4. The summed E-state index contributed by atoms with van der Waals surface area (Å²) in [4.78, 5) is 0. The average molecular weight is 198 g/mol. The molecular weight excluding hydrogens is 184 g/mol. The van der Waals surface area contributed by atoms with Crippen LogP contribution in [-0.4, -0.2) is 27.8 Å². The van der Waals surface area contributed by atoms with Gasteiger partial charge in [0, 0.05) is 14.2 Å². The summed E-state index contributed by atoms with van der Waals surface area (Å²) in [5.74, 6) is 1.45. The summed E-state index contributed by atoms with van der Waals surface area (Å²) in [6, 6.07) is 7.17. The van der Waals surface area contributed by atoms with Crippen LogP contribution in [0.15, 0.2) is 24.3 Å². The second-order valence-corrected chi connectivity index (χ2v) is 2.55. The molecule has 0 saturated heterocycles. The Morgan fingerprint density at radius 1 is 0.857 bits per heavy atom. The van der Waals surface area contributed by atoms with E-state index in [2.05, 4.69) is 0 Å². The van der Waals surface area contributed by atoms with Crippen LogP contribution in [0.4, 0.5) is 0 Å². The van der Waals surface area contributed by atoms with Gasteiger partial charge < -0.3 is 18.9 Å². The first-order valence-corrected chi connectivity index (χ1v) is 4.16. The minimum absolute atomic E-state index is 0.666. The van der Waals surface area contributed by atoms with E-state index in [4.69, 9.17) is 18.9 Å². The lowest BCUT2D eigenvalue weighted by Crippen LogP contribution is -2.20. The van der Waals surface area contributed by atoms with Gasteiger partial charge >= 0.3 is 6.48 Å². The zero-order valence-corrected chi connectivity index (χ0v) is 8.52. The maximum atomic E-state index is 5.31. The second-order valence-electron chi connectivity index (χ2n) is 2.55. The molecule has 1 aromatic rings. The lowest BCUT2D eigenvalue weighted by molar-refractivity contribution is -0.219. The highest BCUT2D eigenvalue weighted by atomic mass is 16.8. The Balaban J connectivity index is 2.58. The van der Waals surface area contributed by atoms with Gasteiger partial charge in [0.05, 0.1) is 7.11 Å². The Bertz CT molecular complexity index is 253. The predicted molar refractivity (Wildman–Crippen MR) is 51.4 cm³/mol. The van der Waals surface area contributed by atoms with Crippen molar-refractivity contribution < 1.29 is 18.9 Å². The molecule has 0 amide bonds. The molecule has 0 aliphatic heterocycles. The van der Waals surface area contributed by atoms with Gasteiger partial charge in [-0.25, -0.2) is 0 Å². The van der Waals surface area contributed by atoms with E-state index in [0.717, 1.165) is 5.75 Å². The van der Waals surface area contributed by atoms with Gasteiger partial charge in [-0.1, -0.05) is 0 Å². The van der Waals surface area contributed by atoms with Crippen LogP contribution in [0.3, 0.4) is 0 Å². The summed E-state index contributed by atoms with van der Waals surface area (Å²) in [6.07, 6.45) is 0. The third-order valence-corrected chi connectivity index (χ3v) is 1.68. The van der Waals surface area contributed by atoms with Crippen LogP contribution in [-0.2, 0) is 9.47 Å². The van der Waals surface area contributed by atoms with Crippen molar-refractivity contribution in [3.05, 3.63) is 24.3 Å². The molecule has 1 aromatic carbocycles. The summed E-state index contributed by atoms with van der Waals surface area (Å²) in [7, 11) is 4.64. The van der Waals surface area contributed by atoms with E-state index in [1.165, 1.54) is 14.2 Å². The van der Waals surface area contributed by atoms with Crippen molar-refractivity contribution in [1.29, 1.82) is 0 Å². The Kier molecular flexibility index (Phi) is 4.22. The smallest absolute Gasteiger partial charge is 0.315 e. The molecule has 0 aliphatic rings. The molecule has 0 atom stereocenters. The fraction of sp³-hybridized carbons (Fsp3) is 0.400. The topological polar surface area (TPSA) is 36.9 Å². The first-order valence-electron chi connectivity index (χ1n) is 4.16. The summed E-state index contributed by atoms with van der Waals surface area (Å²) >= 11 is 0. The molecule has 1 rings (SSSR count). The number of hydrogen-bond acceptors (Lipinski definition) is 4. The number of methoxy groups -OCH3 is 3. The van der Waals surface area contributed by atoms with Crippen LogP contribution >= 0.6 is 0 Å². The minimum Gasteiger partial charge on any atom is -0.497 e. The van der Waals surface area contributed by atoms with Gasteiger partial charge in [0.15, 0.2) is 0 Å². The largest absolute Gasteiger partial charge is 0.497 e. The highest BCUT2D eigenvalue weighted by molar-refractivity contribution is 5.31. The summed E-state index contributed by atoms with van der Waals surface area (Å²) in [5, 5.41) is 0. The molecule has 0 radical (unpaired) electrons. The van der Waals surface area contributed by atoms with Crippen molar-refractivity contribution in [3.63, 3.8) is 0 Å². The van der Waals surface area contributed by atoms with Gasteiger partial charge in [-0.05, 0) is 24.3 Å². The van der Waals surface area contributed by atoms with Gasteiger partial charge in [-0.2, -0.15) is 0 Å². The Labute approximate surface area is 83.3 Å². The highest BCUT2D eigenvalue weighted by Crippen LogP contribution is 2.18. The fourth-order valence-electron chi connectivity index (χ4n) is 0.958. The Morgan fingerprint density at radius 2 is 1.36 bits per heavy atom. The van der Waals surface area contributed by atoms with Crippen LogP contribution < -0.4 is 9.47 Å². The first kappa shape index (κ1) is 10.8. The highest BCUT2D eigenvalue weighted by Gasteiger charge is 2.05. The van der Waals surface area contributed by atoms with E-state index >= 15 is 0 Å². The molecular formula is C10H14O4. The third-order valence-electron chi connectivity index (χ3n) is 1.68. The SMILES string of the molecule is COc1ccc(OC(OC)OC)cc1. The molecule has 0 bridgehead atoms. The molecule has 4 nitrogen and oxygen atoms in total. The fourth-order valence-corrected chi connectivity index (χ4v) is 0.958. The van der Waals surface area contributed by atoms with Crippen molar-refractivity contribution in [2.45, 2.75) is 6.48 Å². The van der Waals surface area contributed by atoms with Crippen molar-refractivity contribution >= 4 is 0 Å². The number of benzene rings is 1. The monoisotopic (exact) mass is 198 g/mol. The molecule has 0 spiro atoms. The van der Waals surface area contributed by atoms with Gasteiger partial charge in [0.25, 0.3) is 0 Å². The van der Waals surface area contributed by atoms with Crippen molar-refractivity contribution in [2.75, 3.05) is 21.3 Å².